The lowest BCUT2D eigenvalue weighted by atomic mass is 9.97. The molecule has 0 saturated carbocycles. The maximum Gasteiger partial charge on any atom is 0.187 e. The number of rotatable bonds is 10. The highest BCUT2D eigenvalue weighted by Gasteiger charge is 2.50. The van der Waals surface area contributed by atoms with E-state index in [9.17, 15) is 35.7 Å². The summed E-state index contributed by atoms with van der Waals surface area (Å²) < 4.78 is 21.8. The van der Waals surface area contributed by atoms with Gasteiger partial charge in [-0.05, 0) is 18.1 Å². The molecular formula is C22H34O11. The molecule has 0 spiro atoms. The van der Waals surface area contributed by atoms with Gasteiger partial charge in [-0.25, -0.2) is 0 Å². The van der Waals surface area contributed by atoms with Gasteiger partial charge in [-0.3, -0.25) is 0 Å². The van der Waals surface area contributed by atoms with E-state index in [2.05, 4.69) is 13.2 Å². The first-order valence-corrected chi connectivity index (χ1v) is 10.5. The summed E-state index contributed by atoms with van der Waals surface area (Å²) >= 11 is 0. The van der Waals surface area contributed by atoms with Crippen molar-refractivity contribution >= 4 is 0 Å². The molecule has 2 aliphatic heterocycles. The van der Waals surface area contributed by atoms with Crippen LogP contribution in [0.15, 0.2) is 48.6 Å². The predicted molar refractivity (Wildman–Crippen MR) is 115 cm³/mol. The molecule has 11 nitrogen and oxygen atoms in total. The number of hydrogen-bond donors (Lipinski definition) is 7. The van der Waals surface area contributed by atoms with Crippen LogP contribution in [0.2, 0.25) is 0 Å². The molecule has 2 fully saturated rings. The van der Waals surface area contributed by atoms with E-state index in [1.54, 1.807) is 31.2 Å². The van der Waals surface area contributed by atoms with Gasteiger partial charge in [-0.15, -0.1) is 0 Å². The molecule has 2 aliphatic rings. The van der Waals surface area contributed by atoms with Crippen molar-refractivity contribution in [1.29, 1.82) is 0 Å². The van der Waals surface area contributed by atoms with Crippen LogP contribution in [0, 0.1) is 0 Å². The fraction of sp³-hybridized carbons (Fsp3) is 0.636. The maximum absolute atomic E-state index is 10.6. The molecule has 2 heterocycles. The van der Waals surface area contributed by atoms with Crippen LogP contribution in [0.1, 0.15) is 6.92 Å². The van der Waals surface area contributed by atoms with Crippen molar-refractivity contribution in [3.8, 4) is 0 Å². The molecule has 2 rings (SSSR count). The van der Waals surface area contributed by atoms with Crippen molar-refractivity contribution in [2.75, 3.05) is 19.8 Å². The quantitative estimate of drug-likeness (QED) is 0.172. The first-order chi connectivity index (χ1) is 15.6. The van der Waals surface area contributed by atoms with Crippen LogP contribution < -0.4 is 0 Å². The molecule has 11 heteroatoms. The molecule has 0 bridgehead atoms. The standard InChI is InChI=1S/C22H34O11/c1-4-11(2)6-5-7-12(3)10-30-21-19(29)17(27)20(14(9-24)32-21)33-22-18(28)16(26)15(25)13(8-23)31-22/h4-7,13-29H,1-2,8-10H2,3H3/b6-5+,12-7+/t13-,14-,15-,16+,17-,18-,19-,20-,21?,22?/m1/s1. The molecular weight excluding hydrogens is 440 g/mol. The Bertz CT molecular complexity index is 704. The second-order valence-corrected chi connectivity index (χ2v) is 7.97. The number of hydrogen-bond acceptors (Lipinski definition) is 11. The summed E-state index contributed by atoms with van der Waals surface area (Å²) in [6.45, 7) is 7.88. The second-order valence-electron chi connectivity index (χ2n) is 7.97. The first-order valence-electron chi connectivity index (χ1n) is 10.5. The number of aliphatic hydroxyl groups excluding tert-OH is 7. The summed E-state index contributed by atoms with van der Waals surface area (Å²) in [6.07, 6.45) is -8.00. The van der Waals surface area contributed by atoms with E-state index in [0.29, 0.717) is 0 Å². The van der Waals surface area contributed by atoms with Crippen LogP contribution in [0.5, 0.6) is 0 Å². The Balaban J connectivity index is 2.02. The van der Waals surface area contributed by atoms with Gasteiger partial charge in [-0.2, -0.15) is 0 Å². The Morgan fingerprint density at radius 2 is 1.48 bits per heavy atom. The molecule has 2 saturated heterocycles. The molecule has 188 valence electrons. The lowest BCUT2D eigenvalue weighted by Gasteiger charge is -2.45. The van der Waals surface area contributed by atoms with Gasteiger partial charge in [0.2, 0.25) is 0 Å². The van der Waals surface area contributed by atoms with Crippen LogP contribution in [0.3, 0.4) is 0 Å². The summed E-state index contributed by atoms with van der Waals surface area (Å²) in [5.74, 6) is 0. The van der Waals surface area contributed by atoms with Gasteiger partial charge in [-0.1, -0.05) is 37.5 Å². The van der Waals surface area contributed by atoms with E-state index in [0.717, 1.165) is 11.1 Å². The van der Waals surface area contributed by atoms with Gasteiger partial charge in [0.25, 0.3) is 0 Å². The molecule has 0 amide bonds. The van der Waals surface area contributed by atoms with Crippen molar-refractivity contribution in [2.45, 2.75) is 68.3 Å². The third-order valence-electron chi connectivity index (χ3n) is 5.39. The average molecular weight is 475 g/mol. The van der Waals surface area contributed by atoms with Gasteiger partial charge < -0.3 is 54.7 Å². The lowest BCUT2D eigenvalue weighted by molar-refractivity contribution is -0.358. The highest BCUT2D eigenvalue weighted by atomic mass is 16.7. The molecule has 7 N–H and O–H groups in total. The van der Waals surface area contributed by atoms with Crippen molar-refractivity contribution in [3.05, 3.63) is 48.6 Å². The second kappa shape index (κ2) is 12.8. The summed E-state index contributed by atoms with van der Waals surface area (Å²) in [5, 5.41) is 70.0. The predicted octanol–water partition coefficient (Wildman–Crippen LogP) is -2.13. The van der Waals surface area contributed by atoms with E-state index in [-0.39, 0.29) is 6.61 Å². The SMILES string of the molecule is C=CC(=C)/C=C/C=C(\C)COC1O[C@H](CO)[C@@H](OC2O[C@H](CO)[C@@H](O)[C@H](O)[C@H]2O)[C@H](O)[C@H]1O. The molecule has 0 radical (unpaired) electrons. The van der Waals surface area contributed by atoms with Crippen LogP contribution in [-0.4, -0.2) is 117 Å². The minimum Gasteiger partial charge on any atom is -0.394 e. The summed E-state index contributed by atoms with van der Waals surface area (Å²) in [6, 6.07) is 0. The Labute approximate surface area is 192 Å². The number of ether oxygens (including phenoxy) is 4. The fourth-order valence-corrected chi connectivity index (χ4v) is 3.36. The van der Waals surface area contributed by atoms with Crippen molar-refractivity contribution < 1.29 is 54.7 Å². The Morgan fingerprint density at radius 3 is 2.09 bits per heavy atom. The van der Waals surface area contributed by atoms with E-state index >= 15 is 0 Å². The summed E-state index contributed by atoms with van der Waals surface area (Å²) in [4.78, 5) is 0. The topological polar surface area (TPSA) is 179 Å². The van der Waals surface area contributed by atoms with Gasteiger partial charge in [0.05, 0.1) is 19.8 Å². The van der Waals surface area contributed by atoms with E-state index in [1.807, 2.05) is 0 Å². The van der Waals surface area contributed by atoms with Crippen LogP contribution in [0.25, 0.3) is 0 Å². The largest absolute Gasteiger partial charge is 0.394 e. The number of aliphatic hydroxyl groups is 7. The molecule has 0 aliphatic carbocycles. The lowest BCUT2D eigenvalue weighted by Crippen LogP contribution is -2.64. The minimum absolute atomic E-state index is 0.0513. The van der Waals surface area contributed by atoms with Gasteiger partial charge in [0, 0.05) is 0 Å². The Morgan fingerprint density at radius 1 is 0.879 bits per heavy atom. The number of allylic oxidation sites excluding steroid dienone is 5. The van der Waals surface area contributed by atoms with Gasteiger partial charge >= 0.3 is 0 Å². The minimum atomic E-state index is -1.72. The smallest absolute Gasteiger partial charge is 0.187 e. The van der Waals surface area contributed by atoms with E-state index in [4.69, 9.17) is 18.9 Å². The fourth-order valence-electron chi connectivity index (χ4n) is 3.36. The van der Waals surface area contributed by atoms with Crippen LogP contribution in [0.4, 0.5) is 0 Å². The molecule has 0 aromatic heterocycles. The first kappa shape index (κ1) is 27.8. The monoisotopic (exact) mass is 474 g/mol. The summed E-state index contributed by atoms with van der Waals surface area (Å²) in [7, 11) is 0. The van der Waals surface area contributed by atoms with Crippen LogP contribution in [-0.2, 0) is 18.9 Å². The molecule has 2 unspecified atom stereocenters. The van der Waals surface area contributed by atoms with Crippen LogP contribution >= 0.6 is 0 Å². The molecule has 33 heavy (non-hydrogen) atoms. The van der Waals surface area contributed by atoms with E-state index in [1.165, 1.54) is 0 Å². The highest BCUT2D eigenvalue weighted by molar-refractivity contribution is 5.28. The molecule has 0 aromatic rings. The van der Waals surface area contributed by atoms with E-state index < -0.39 is 74.6 Å². The molecule has 0 aromatic carbocycles. The third kappa shape index (κ3) is 7.01. The molecule has 10 atom stereocenters. The zero-order chi connectivity index (χ0) is 24.7. The highest BCUT2D eigenvalue weighted by Crippen LogP contribution is 2.29. The Kier molecular flexibility index (Phi) is 10.8. The Hall–Kier alpha value is -1.48. The zero-order valence-electron chi connectivity index (χ0n) is 18.4. The van der Waals surface area contributed by atoms with Crippen molar-refractivity contribution in [1.82, 2.24) is 0 Å². The van der Waals surface area contributed by atoms with Gasteiger partial charge in [0.1, 0.15) is 48.8 Å². The average Bonchev–Trinajstić information content (AvgIpc) is 2.81. The normalized spacial score (nSPS) is 40.2. The summed E-state index contributed by atoms with van der Waals surface area (Å²) in [5.41, 5.74) is 1.50. The zero-order valence-corrected chi connectivity index (χ0v) is 18.4. The van der Waals surface area contributed by atoms with Crippen molar-refractivity contribution in [2.24, 2.45) is 0 Å². The van der Waals surface area contributed by atoms with Crippen molar-refractivity contribution in [3.63, 3.8) is 0 Å². The maximum atomic E-state index is 10.6. The third-order valence-corrected chi connectivity index (χ3v) is 5.39. The van der Waals surface area contributed by atoms with Gasteiger partial charge in [0.15, 0.2) is 12.6 Å².